The third kappa shape index (κ3) is 3.97. The number of ether oxygens (including phenoxy) is 1. The third-order valence-electron chi connectivity index (χ3n) is 3.37. The molecular weight excluding hydrogens is 292 g/mol. The maximum Gasteiger partial charge on any atom is 0.293 e. The Labute approximate surface area is 133 Å². The highest BCUT2D eigenvalue weighted by Gasteiger charge is 2.06. The highest BCUT2D eigenvalue weighted by Crippen LogP contribution is 2.21. The highest BCUT2D eigenvalue weighted by atomic mass is 16.5. The van der Waals surface area contributed by atoms with E-state index >= 15 is 0 Å². The molecule has 0 bridgehead atoms. The second kappa shape index (κ2) is 7.26. The largest absolute Gasteiger partial charge is 0.460 e. The van der Waals surface area contributed by atoms with Gasteiger partial charge in [0.1, 0.15) is 5.69 Å². The normalized spacial score (nSPS) is 10.3. The van der Waals surface area contributed by atoms with Crippen molar-refractivity contribution in [1.82, 2.24) is 5.16 Å². The molecule has 0 aliphatic carbocycles. The molecule has 5 nitrogen and oxygen atoms in total. The van der Waals surface area contributed by atoms with Crippen molar-refractivity contribution in [3.8, 4) is 11.3 Å². The van der Waals surface area contributed by atoms with Crippen LogP contribution in [0.5, 0.6) is 0 Å². The Bertz CT molecular complexity index is 751. The average Bonchev–Trinajstić information content (AvgIpc) is 3.08. The van der Waals surface area contributed by atoms with E-state index in [1.807, 2.05) is 42.5 Å². The van der Waals surface area contributed by atoms with Crippen molar-refractivity contribution in [1.29, 1.82) is 0 Å². The van der Waals surface area contributed by atoms with Gasteiger partial charge < -0.3 is 14.6 Å². The summed E-state index contributed by atoms with van der Waals surface area (Å²) in [4.78, 5) is 10.2. The lowest BCUT2D eigenvalue weighted by Gasteiger charge is -2.06. The molecule has 116 valence electrons. The van der Waals surface area contributed by atoms with E-state index in [1.54, 1.807) is 6.07 Å². The first-order valence-electron chi connectivity index (χ1n) is 7.24. The molecule has 1 heterocycles. The fraction of sp³-hybridized carbons (Fsp3) is 0.111. The van der Waals surface area contributed by atoms with Crippen LogP contribution >= 0.6 is 0 Å². The quantitative estimate of drug-likeness (QED) is 0.675. The van der Waals surface area contributed by atoms with Gasteiger partial charge in [-0.2, -0.15) is 0 Å². The van der Waals surface area contributed by atoms with Crippen molar-refractivity contribution < 1.29 is 14.1 Å². The van der Waals surface area contributed by atoms with E-state index in [0.29, 0.717) is 17.9 Å². The van der Waals surface area contributed by atoms with Gasteiger partial charge in [0.2, 0.25) is 0 Å². The number of anilines is 1. The van der Waals surface area contributed by atoms with E-state index in [1.165, 1.54) is 5.56 Å². The Morgan fingerprint density at radius 1 is 1.09 bits per heavy atom. The number of benzene rings is 2. The molecule has 0 aliphatic rings. The average molecular weight is 308 g/mol. The summed E-state index contributed by atoms with van der Waals surface area (Å²) in [5.41, 5.74) is 3.92. The van der Waals surface area contributed by atoms with Gasteiger partial charge in [0.05, 0.1) is 0 Å². The zero-order valence-corrected chi connectivity index (χ0v) is 12.4. The molecule has 0 saturated carbocycles. The monoisotopic (exact) mass is 308 g/mol. The minimum Gasteiger partial charge on any atom is -0.460 e. The molecule has 1 N–H and O–H groups in total. The third-order valence-corrected chi connectivity index (χ3v) is 3.37. The van der Waals surface area contributed by atoms with Gasteiger partial charge in [-0.25, -0.2) is 0 Å². The molecule has 3 rings (SSSR count). The summed E-state index contributed by atoms with van der Waals surface area (Å²) in [6, 6.07) is 19.9. The molecule has 5 heteroatoms. The van der Waals surface area contributed by atoms with Crippen LogP contribution in [0.1, 0.15) is 11.3 Å². The van der Waals surface area contributed by atoms with Crippen LogP contribution < -0.4 is 5.32 Å². The fourth-order valence-electron chi connectivity index (χ4n) is 2.19. The lowest BCUT2D eigenvalue weighted by atomic mass is 10.1. The van der Waals surface area contributed by atoms with Crippen molar-refractivity contribution in [3.63, 3.8) is 0 Å². The first-order chi connectivity index (χ1) is 11.3. The molecule has 0 spiro atoms. The van der Waals surface area contributed by atoms with E-state index in [0.717, 1.165) is 17.8 Å². The number of aromatic nitrogens is 1. The molecular formula is C18H16N2O3. The summed E-state index contributed by atoms with van der Waals surface area (Å²) in [7, 11) is 0. The SMILES string of the molecule is O=COCc1cc(-c2ccc(NCc3ccccc3)cc2)no1. The maximum atomic E-state index is 10.2. The van der Waals surface area contributed by atoms with Gasteiger partial charge in [0.25, 0.3) is 6.47 Å². The molecule has 0 fully saturated rings. The van der Waals surface area contributed by atoms with Crippen LogP contribution in [0.15, 0.2) is 65.2 Å². The Morgan fingerprint density at radius 2 is 1.87 bits per heavy atom. The van der Waals surface area contributed by atoms with Gasteiger partial charge >= 0.3 is 0 Å². The number of nitrogens with one attached hydrogen (secondary N) is 1. The Balaban J connectivity index is 1.62. The first kappa shape index (κ1) is 14.8. The molecule has 3 aromatic rings. The highest BCUT2D eigenvalue weighted by molar-refractivity contribution is 5.62. The van der Waals surface area contributed by atoms with Gasteiger partial charge in [-0.15, -0.1) is 0 Å². The summed E-state index contributed by atoms with van der Waals surface area (Å²) in [6.45, 7) is 1.25. The van der Waals surface area contributed by atoms with Crippen LogP contribution in [0.25, 0.3) is 11.3 Å². The Hall–Kier alpha value is -3.08. The Kier molecular flexibility index (Phi) is 4.69. The lowest BCUT2D eigenvalue weighted by molar-refractivity contribution is -0.130. The van der Waals surface area contributed by atoms with E-state index in [4.69, 9.17) is 4.52 Å². The van der Waals surface area contributed by atoms with Gasteiger partial charge in [0, 0.05) is 23.9 Å². The van der Waals surface area contributed by atoms with Crippen LogP contribution in [-0.2, 0) is 22.7 Å². The van der Waals surface area contributed by atoms with E-state index in [2.05, 4.69) is 27.3 Å². The van der Waals surface area contributed by atoms with E-state index in [-0.39, 0.29) is 6.61 Å². The van der Waals surface area contributed by atoms with Crippen LogP contribution in [-0.4, -0.2) is 11.6 Å². The lowest BCUT2D eigenvalue weighted by Crippen LogP contribution is -1.98. The second-order valence-electron chi connectivity index (χ2n) is 5.00. The maximum absolute atomic E-state index is 10.2. The van der Waals surface area contributed by atoms with Crippen molar-refractivity contribution in [2.45, 2.75) is 13.2 Å². The first-order valence-corrected chi connectivity index (χ1v) is 7.24. The molecule has 0 saturated heterocycles. The Morgan fingerprint density at radius 3 is 2.61 bits per heavy atom. The van der Waals surface area contributed by atoms with E-state index in [9.17, 15) is 4.79 Å². The molecule has 0 aliphatic heterocycles. The zero-order chi connectivity index (χ0) is 15.9. The van der Waals surface area contributed by atoms with Gasteiger partial charge in [0.15, 0.2) is 12.4 Å². The number of nitrogens with zero attached hydrogens (tertiary/aromatic N) is 1. The van der Waals surface area contributed by atoms with Crippen molar-refractivity contribution in [2.24, 2.45) is 0 Å². The summed E-state index contributed by atoms with van der Waals surface area (Å²) >= 11 is 0. The minimum atomic E-state index is 0.0905. The smallest absolute Gasteiger partial charge is 0.293 e. The number of hydrogen-bond donors (Lipinski definition) is 1. The second-order valence-corrected chi connectivity index (χ2v) is 5.00. The fourth-order valence-corrected chi connectivity index (χ4v) is 2.19. The van der Waals surface area contributed by atoms with Crippen LogP contribution in [0.2, 0.25) is 0 Å². The van der Waals surface area contributed by atoms with Crippen LogP contribution in [0.3, 0.4) is 0 Å². The summed E-state index contributed by atoms with van der Waals surface area (Å²) in [5, 5.41) is 7.34. The molecule has 1 aromatic heterocycles. The number of carbonyl (C=O) groups excluding carboxylic acids is 1. The number of hydrogen-bond acceptors (Lipinski definition) is 5. The van der Waals surface area contributed by atoms with Gasteiger partial charge in [-0.1, -0.05) is 47.6 Å². The predicted molar refractivity (Wildman–Crippen MR) is 86.6 cm³/mol. The van der Waals surface area contributed by atoms with Crippen molar-refractivity contribution in [2.75, 3.05) is 5.32 Å². The molecule has 0 unspecified atom stereocenters. The molecule has 0 atom stereocenters. The molecule has 0 amide bonds. The van der Waals surface area contributed by atoms with Crippen molar-refractivity contribution >= 4 is 12.2 Å². The van der Waals surface area contributed by atoms with Crippen LogP contribution in [0.4, 0.5) is 5.69 Å². The van der Waals surface area contributed by atoms with Gasteiger partial charge in [-0.05, 0) is 17.7 Å². The number of carbonyl (C=O) groups is 1. The molecule has 0 radical (unpaired) electrons. The topological polar surface area (TPSA) is 64.4 Å². The molecule has 2 aromatic carbocycles. The molecule has 23 heavy (non-hydrogen) atoms. The van der Waals surface area contributed by atoms with E-state index < -0.39 is 0 Å². The zero-order valence-electron chi connectivity index (χ0n) is 12.4. The minimum absolute atomic E-state index is 0.0905. The van der Waals surface area contributed by atoms with Crippen LogP contribution in [0, 0.1) is 0 Å². The predicted octanol–water partition coefficient (Wildman–Crippen LogP) is 3.63. The summed E-state index contributed by atoms with van der Waals surface area (Å²) in [6.07, 6.45) is 0. The standard InChI is InChI=1S/C18H16N2O3/c21-13-22-12-17-10-18(20-23-17)15-6-8-16(9-7-15)19-11-14-4-2-1-3-5-14/h1-10,13,19H,11-12H2. The summed E-state index contributed by atoms with van der Waals surface area (Å²) < 4.78 is 9.74. The van der Waals surface area contributed by atoms with Gasteiger partial charge in [-0.3, -0.25) is 4.79 Å². The summed E-state index contributed by atoms with van der Waals surface area (Å²) in [5.74, 6) is 0.512. The van der Waals surface area contributed by atoms with Crippen molar-refractivity contribution in [3.05, 3.63) is 72.0 Å². The number of rotatable bonds is 7.